The summed E-state index contributed by atoms with van der Waals surface area (Å²) >= 11 is 12.6. The zero-order chi connectivity index (χ0) is 25.6. The molecule has 0 amide bonds. The quantitative estimate of drug-likeness (QED) is 0.352. The molecule has 2 aromatic heterocycles. The van der Waals surface area contributed by atoms with Gasteiger partial charge in [-0.25, -0.2) is 9.67 Å². The summed E-state index contributed by atoms with van der Waals surface area (Å²) < 4.78 is 26.9. The van der Waals surface area contributed by atoms with Crippen LogP contribution in [0.3, 0.4) is 0 Å². The summed E-state index contributed by atoms with van der Waals surface area (Å²) in [5.41, 5.74) is 7.07. The largest absolute Gasteiger partial charge is 0.375 e. The number of nitrogens with two attached hydrogens (primary N) is 1. The Balaban J connectivity index is 1.55. The molecule has 9 nitrogen and oxygen atoms in total. The number of methoxy groups -OCH3 is 1. The summed E-state index contributed by atoms with van der Waals surface area (Å²) in [5.74, 6) is 0. The molecule has 192 valence electrons. The van der Waals surface area contributed by atoms with Gasteiger partial charge in [-0.05, 0) is 17.7 Å². The van der Waals surface area contributed by atoms with Crippen molar-refractivity contribution in [3.8, 4) is 11.4 Å². The molecule has 2 aromatic carbocycles. The molecule has 37 heavy (non-hydrogen) atoms. The molecule has 2 fully saturated rings. The van der Waals surface area contributed by atoms with E-state index >= 15 is 0 Å². The predicted molar refractivity (Wildman–Crippen MR) is 143 cm³/mol. The zero-order valence-corrected chi connectivity index (χ0v) is 22.1. The topological polar surface area (TPSA) is 107 Å². The van der Waals surface area contributed by atoms with Crippen LogP contribution in [0.1, 0.15) is 17.4 Å². The maximum absolute atomic E-state index is 6.71. The highest BCUT2D eigenvalue weighted by atomic mass is 35.5. The number of halogens is 1. The van der Waals surface area contributed by atoms with E-state index in [-0.39, 0.29) is 6.61 Å². The third kappa shape index (κ3) is 4.24. The Morgan fingerprint density at radius 2 is 2.00 bits per heavy atom. The maximum atomic E-state index is 6.71. The normalized spacial score (nSPS) is 29.6. The average Bonchev–Trinajstić information content (AvgIpc) is 3.57. The van der Waals surface area contributed by atoms with Crippen molar-refractivity contribution in [1.29, 1.82) is 0 Å². The fraction of sp³-hybridized carbons (Fsp3) is 0.320. The SMILES string of the molecule is CO[C@H]1[C@@H](S)O[C@@H]2COC(c3ccccc3)O[C@@H]2C1(c1cccc(Cl)c1)n1cc(-c2csc(N)n2)nn1. The summed E-state index contributed by atoms with van der Waals surface area (Å²) in [6.07, 6.45) is -0.524. The number of thiol groups is 1. The molecule has 0 saturated carbocycles. The lowest BCUT2D eigenvalue weighted by Crippen LogP contribution is -2.69. The van der Waals surface area contributed by atoms with E-state index in [4.69, 9.17) is 48.9 Å². The number of aromatic nitrogens is 4. The lowest BCUT2D eigenvalue weighted by atomic mass is 9.75. The number of fused-ring (bicyclic) bond motifs is 1. The summed E-state index contributed by atoms with van der Waals surface area (Å²) in [7, 11) is 1.61. The number of nitrogens with zero attached hydrogens (tertiary/aromatic N) is 4. The van der Waals surface area contributed by atoms with E-state index in [1.165, 1.54) is 11.3 Å². The average molecular weight is 558 g/mol. The smallest absolute Gasteiger partial charge is 0.184 e. The van der Waals surface area contributed by atoms with Crippen molar-refractivity contribution in [2.24, 2.45) is 0 Å². The molecule has 2 N–H and O–H groups in total. The minimum Gasteiger partial charge on any atom is -0.375 e. The first-order valence-electron chi connectivity index (χ1n) is 11.6. The molecule has 2 unspecified atom stereocenters. The first-order valence-corrected chi connectivity index (χ1v) is 13.4. The standard InChI is InChI=1S/C25H24ClN5O4S2/c1-32-21-23(36)34-19-12-33-22(14-6-3-2-4-7-14)35-20(19)25(21,15-8-5-9-16(26)10-15)31-11-17(29-30-31)18-13-37-24(27)28-18/h2-11,13,19-23,36H,12H2,1H3,(H2,27,28)/t19-,20+,21+,22?,23-,25?/m1/s1. The van der Waals surface area contributed by atoms with Gasteiger partial charge in [0.05, 0.1) is 12.8 Å². The van der Waals surface area contributed by atoms with Gasteiger partial charge in [-0.2, -0.15) is 0 Å². The van der Waals surface area contributed by atoms with Crippen molar-refractivity contribution in [3.63, 3.8) is 0 Å². The van der Waals surface area contributed by atoms with Crippen molar-refractivity contribution in [3.05, 3.63) is 82.3 Å². The van der Waals surface area contributed by atoms with Crippen LogP contribution in [-0.4, -0.2) is 57.4 Å². The van der Waals surface area contributed by atoms with E-state index in [1.807, 2.05) is 66.2 Å². The number of nitrogen functional groups attached to an aromatic ring is 1. The molecular formula is C25H24ClN5O4S2. The van der Waals surface area contributed by atoms with Crippen LogP contribution < -0.4 is 5.73 Å². The third-order valence-corrected chi connectivity index (χ3v) is 8.03. The molecule has 4 heterocycles. The Hall–Kier alpha value is -2.51. The highest BCUT2D eigenvalue weighted by Crippen LogP contribution is 2.49. The lowest BCUT2D eigenvalue weighted by Gasteiger charge is -2.55. The Labute approximate surface area is 227 Å². The van der Waals surface area contributed by atoms with Gasteiger partial charge in [0.15, 0.2) is 11.4 Å². The molecule has 0 bridgehead atoms. The molecule has 2 saturated heterocycles. The molecule has 2 aliphatic heterocycles. The second-order valence-corrected chi connectivity index (χ2v) is 10.6. The van der Waals surface area contributed by atoms with Crippen molar-refractivity contribution in [2.75, 3.05) is 19.5 Å². The fourth-order valence-electron chi connectivity index (χ4n) is 5.16. The minimum absolute atomic E-state index is 0.282. The van der Waals surface area contributed by atoms with Gasteiger partial charge in [-0.3, -0.25) is 0 Å². The van der Waals surface area contributed by atoms with Crippen molar-refractivity contribution < 1.29 is 18.9 Å². The van der Waals surface area contributed by atoms with Crippen molar-refractivity contribution in [1.82, 2.24) is 20.0 Å². The molecule has 0 radical (unpaired) electrons. The zero-order valence-electron chi connectivity index (χ0n) is 19.7. The molecule has 0 spiro atoms. The second-order valence-electron chi connectivity index (χ2n) is 8.81. The van der Waals surface area contributed by atoms with Gasteiger partial charge in [0.25, 0.3) is 0 Å². The summed E-state index contributed by atoms with van der Waals surface area (Å²) in [5, 5.41) is 11.9. The van der Waals surface area contributed by atoms with Gasteiger partial charge in [0.1, 0.15) is 40.7 Å². The van der Waals surface area contributed by atoms with Gasteiger partial charge in [0.2, 0.25) is 0 Å². The van der Waals surface area contributed by atoms with Gasteiger partial charge >= 0.3 is 0 Å². The number of benzene rings is 2. The van der Waals surface area contributed by atoms with Crippen LogP contribution in [0.4, 0.5) is 5.13 Å². The van der Waals surface area contributed by atoms with Crippen LogP contribution in [0, 0.1) is 0 Å². The van der Waals surface area contributed by atoms with Crippen molar-refractivity contribution in [2.45, 2.75) is 35.6 Å². The van der Waals surface area contributed by atoms with Crippen LogP contribution in [0.15, 0.2) is 66.2 Å². The van der Waals surface area contributed by atoms with Crippen LogP contribution in [0.5, 0.6) is 0 Å². The van der Waals surface area contributed by atoms with Gasteiger partial charge in [-0.15, -0.1) is 29.1 Å². The summed E-state index contributed by atoms with van der Waals surface area (Å²) in [6, 6.07) is 17.3. The first kappa shape index (κ1) is 24.8. The Kier molecular flexibility index (Phi) is 6.70. The number of hydrogen-bond donors (Lipinski definition) is 2. The van der Waals surface area contributed by atoms with Gasteiger partial charge < -0.3 is 24.7 Å². The second kappa shape index (κ2) is 9.99. The molecule has 2 aliphatic rings. The van der Waals surface area contributed by atoms with E-state index in [9.17, 15) is 0 Å². The predicted octanol–water partition coefficient (Wildman–Crippen LogP) is 4.16. The number of rotatable bonds is 5. The maximum Gasteiger partial charge on any atom is 0.184 e. The van der Waals surface area contributed by atoms with Gasteiger partial charge in [-0.1, -0.05) is 59.3 Å². The number of hydrogen-bond acceptors (Lipinski definition) is 10. The van der Waals surface area contributed by atoms with E-state index in [2.05, 4.69) is 15.3 Å². The summed E-state index contributed by atoms with van der Waals surface area (Å²) in [4.78, 5) is 4.37. The molecule has 6 atom stereocenters. The lowest BCUT2D eigenvalue weighted by molar-refractivity contribution is -0.323. The number of thiazole rings is 1. The van der Waals surface area contributed by atoms with Crippen LogP contribution >= 0.6 is 35.6 Å². The molecule has 0 aliphatic carbocycles. The molecule has 6 rings (SSSR count). The first-order chi connectivity index (χ1) is 18.0. The van der Waals surface area contributed by atoms with Crippen LogP contribution in [0.2, 0.25) is 5.02 Å². The number of ether oxygens (including phenoxy) is 4. The Morgan fingerprint density at radius 1 is 1.16 bits per heavy atom. The highest BCUT2D eigenvalue weighted by molar-refractivity contribution is 7.80. The van der Waals surface area contributed by atoms with Crippen LogP contribution in [-0.2, 0) is 24.5 Å². The Morgan fingerprint density at radius 3 is 2.73 bits per heavy atom. The minimum atomic E-state index is -1.07. The summed E-state index contributed by atoms with van der Waals surface area (Å²) in [6.45, 7) is 0.282. The fourth-order valence-corrected chi connectivity index (χ4v) is 6.42. The van der Waals surface area contributed by atoms with Crippen LogP contribution in [0.25, 0.3) is 11.4 Å². The van der Waals surface area contributed by atoms with E-state index in [0.717, 1.165) is 11.1 Å². The number of anilines is 1. The van der Waals surface area contributed by atoms with E-state index in [0.29, 0.717) is 21.5 Å². The van der Waals surface area contributed by atoms with Crippen molar-refractivity contribution >= 4 is 40.7 Å². The highest BCUT2D eigenvalue weighted by Gasteiger charge is 2.62. The monoisotopic (exact) mass is 557 g/mol. The third-order valence-electron chi connectivity index (χ3n) is 6.73. The molecule has 4 aromatic rings. The Bertz CT molecular complexity index is 1390. The molecule has 12 heteroatoms. The van der Waals surface area contributed by atoms with Gasteiger partial charge in [0, 0.05) is 23.1 Å². The van der Waals surface area contributed by atoms with E-state index in [1.54, 1.807) is 11.8 Å². The van der Waals surface area contributed by atoms with E-state index < -0.39 is 35.6 Å². The molecular weight excluding hydrogens is 534 g/mol.